The van der Waals surface area contributed by atoms with E-state index in [2.05, 4.69) is 20.3 Å². The molecule has 0 fully saturated rings. The Hall–Kier alpha value is -2.60. The normalized spacial score (nSPS) is 11.0. The standard InChI is InChI=1S/C17H17ClN4O2.2H2/c1-10(2)9-24-17(23)22-15-5-3-4-14(21-15)13-8-20-16-12(13)6-11(18)7-19-16;;/h3-8,10H,9H2,1-2H3,(H,19,20)(H,21,22,23);2*1H. The Morgan fingerprint density at radius 2 is 2.29 bits per heavy atom. The summed E-state index contributed by atoms with van der Waals surface area (Å²) in [6, 6.07) is 7.21. The van der Waals surface area contributed by atoms with E-state index in [0.717, 1.165) is 16.6 Å². The minimum atomic E-state index is -0.517. The molecule has 24 heavy (non-hydrogen) atoms. The van der Waals surface area contributed by atoms with Gasteiger partial charge in [0, 0.05) is 26.2 Å². The molecule has 128 valence electrons. The van der Waals surface area contributed by atoms with E-state index in [1.54, 1.807) is 12.3 Å². The minimum Gasteiger partial charge on any atom is -0.449 e. The average Bonchev–Trinajstić information content (AvgIpc) is 2.96. The van der Waals surface area contributed by atoms with Gasteiger partial charge in [-0.15, -0.1) is 0 Å². The van der Waals surface area contributed by atoms with Gasteiger partial charge in [-0.3, -0.25) is 5.32 Å². The second-order valence-electron chi connectivity index (χ2n) is 5.78. The van der Waals surface area contributed by atoms with Gasteiger partial charge in [-0.2, -0.15) is 0 Å². The van der Waals surface area contributed by atoms with Gasteiger partial charge in [0.25, 0.3) is 0 Å². The van der Waals surface area contributed by atoms with E-state index >= 15 is 0 Å². The molecule has 0 spiro atoms. The van der Waals surface area contributed by atoms with E-state index in [-0.39, 0.29) is 8.77 Å². The Morgan fingerprint density at radius 1 is 1.46 bits per heavy atom. The summed E-state index contributed by atoms with van der Waals surface area (Å²) in [7, 11) is 0. The maximum absolute atomic E-state index is 11.8. The largest absolute Gasteiger partial charge is 0.449 e. The van der Waals surface area contributed by atoms with Crippen molar-refractivity contribution >= 4 is 34.5 Å². The summed E-state index contributed by atoms with van der Waals surface area (Å²) in [4.78, 5) is 23.5. The zero-order valence-electron chi connectivity index (χ0n) is 13.3. The van der Waals surface area contributed by atoms with Crippen molar-refractivity contribution in [2.75, 3.05) is 11.9 Å². The third kappa shape index (κ3) is 3.65. The topological polar surface area (TPSA) is 79.9 Å². The molecule has 2 N–H and O–H groups in total. The number of aromatic amines is 1. The maximum atomic E-state index is 11.8. The molecule has 3 aromatic rings. The molecule has 3 aromatic heterocycles. The molecular formula is C17H21ClN4O2. The Labute approximate surface area is 147 Å². The number of nitrogens with one attached hydrogen (secondary N) is 2. The Morgan fingerprint density at radius 3 is 3.08 bits per heavy atom. The quantitative estimate of drug-likeness (QED) is 0.697. The molecule has 0 aromatic carbocycles. The van der Waals surface area contributed by atoms with Crippen molar-refractivity contribution in [1.82, 2.24) is 15.0 Å². The molecule has 0 aliphatic carbocycles. The minimum absolute atomic E-state index is 0. The first-order valence-electron chi connectivity index (χ1n) is 7.57. The van der Waals surface area contributed by atoms with E-state index < -0.39 is 6.09 Å². The fourth-order valence-corrected chi connectivity index (χ4v) is 2.39. The van der Waals surface area contributed by atoms with Crippen LogP contribution in [0.3, 0.4) is 0 Å². The van der Waals surface area contributed by atoms with Crippen LogP contribution in [-0.2, 0) is 4.74 Å². The van der Waals surface area contributed by atoms with Crippen LogP contribution in [0.1, 0.15) is 16.7 Å². The van der Waals surface area contributed by atoms with Crippen LogP contribution in [0.2, 0.25) is 5.02 Å². The molecule has 0 aliphatic rings. The van der Waals surface area contributed by atoms with Crippen molar-refractivity contribution in [3.05, 3.63) is 41.7 Å². The third-order valence-electron chi connectivity index (χ3n) is 3.30. The number of hydrogen-bond acceptors (Lipinski definition) is 4. The maximum Gasteiger partial charge on any atom is 0.412 e. The predicted molar refractivity (Wildman–Crippen MR) is 98.4 cm³/mol. The first-order valence-corrected chi connectivity index (χ1v) is 7.94. The molecule has 7 heteroatoms. The lowest BCUT2D eigenvalue weighted by molar-refractivity contribution is 0.147. The van der Waals surface area contributed by atoms with Crippen molar-refractivity contribution in [2.24, 2.45) is 5.92 Å². The fraction of sp³-hybridized carbons (Fsp3) is 0.235. The SMILES string of the molecule is CC(C)COC(=O)Nc1cccc(-c2c[nH]c3ncc(Cl)cc23)n1.[HH].[HH]. The van der Waals surface area contributed by atoms with Crippen molar-refractivity contribution in [3.8, 4) is 11.3 Å². The molecule has 3 heterocycles. The van der Waals surface area contributed by atoms with Crippen molar-refractivity contribution < 1.29 is 12.4 Å². The average molecular weight is 349 g/mol. The van der Waals surface area contributed by atoms with Gasteiger partial charge in [0.05, 0.1) is 17.3 Å². The summed E-state index contributed by atoms with van der Waals surface area (Å²) in [5, 5.41) is 4.06. The second kappa shape index (κ2) is 6.88. The van der Waals surface area contributed by atoms with Gasteiger partial charge in [-0.1, -0.05) is 31.5 Å². The zero-order valence-corrected chi connectivity index (χ0v) is 14.1. The second-order valence-corrected chi connectivity index (χ2v) is 6.21. The first-order chi connectivity index (χ1) is 11.5. The number of pyridine rings is 2. The fourth-order valence-electron chi connectivity index (χ4n) is 2.23. The molecule has 0 aliphatic heterocycles. The number of nitrogens with zero attached hydrogens (tertiary/aromatic N) is 2. The van der Waals surface area contributed by atoms with Gasteiger partial charge < -0.3 is 9.72 Å². The van der Waals surface area contributed by atoms with E-state index in [1.165, 1.54) is 0 Å². The molecule has 0 bridgehead atoms. The van der Waals surface area contributed by atoms with Gasteiger partial charge in [0.2, 0.25) is 0 Å². The van der Waals surface area contributed by atoms with Crippen LogP contribution in [0, 0.1) is 5.92 Å². The van der Waals surface area contributed by atoms with Crippen LogP contribution in [0.5, 0.6) is 0 Å². The number of fused-ring (bicyclic) bond motifs is 1. The molecule has 0 atom stereocenters. The highest BCUT2D eigenvalue weighted by Crippen LogP contribution is 2.28. The number of ether oxygens (including phenoxy) is 1. The lowest BCUT2D eigenvalue weighted by Gasteiger charge is -2.09. The highest BCUT2D eigenvalue weighted by Gasteiger charge is 2.11. The number of H-pyrrole nitrogens is 1. The molecular weight excluding hydrogens is 328 g/mol. The van der Waals surface area contributed by atoms with Crippen molar-refractivity contribution in [3.63, 3.8) is 0 Å². The summed E-state index contributed by atoms with van der Waals surface area (Å²) in [6.07, 6.45) is 2.88. The number of amides is 1. The summed E-state index contributed by atoms with van der Waals surface area (Å²) in [6.45, 7) is 4.31. The predicted octanol–water partition coefficient (Wildman–Crippen LogP) is 4.97. The number of anilines is 1. The molecule has 0 saturated heterocycles. The number of carbonyl (C=O) groups is 1. The number of hydrogen-bond donors (Lipinski definition) is 2. The van der Waals surface area contributed by atoms with Gasteiger partial charge in [0.15, 0.2) is 0 Å². The van der Waals surface area contributed by atoms with Crippen LogP contribution in [0.4, 0.5) is 10.6 Å². The number of aromatic nitrogens is 3. The molecule has 0 radical (unpaired) electrons. The molecule has 0 unspecified atom stereocenters. The molecule has 0 saturated carbocycles. The lowest BCUT2D eigenvalue weighted by atomic mass is 10.1. The zero-order chi connectivity index (χ0) is 17.1. The number of carbonyl (C=O) groups excluding carboxylic acids is 1. The highest BCUT2D eigenvalue weighted by molar-refractivity contribution is 6.31. The summed E-state index contributed by atoms with van der Waals surface area (Å²) in [5.41, 5.74) is 2.29. The first kappa shape index (κ1) is 16.3. The lowest BCUT2D eigenvalue weighted by Crippen LogP contribution is -2.17. The van der Waals surface area contributed by atoms with Crippen LogP contribution in [0.15, 0.2) is 36.7 Å². The van der Waals surface area contributed by atoms with E-state index in [0.29, 0.717) is 23.1 Å². The van der Waals surface area contributed by atoms with Gasteiger partial charge in [-0.25, -0.2) is 14.8 Å². The van der Waals surface area contributed by atoms with Crippen LogP contribution in [-0.4, -0.2) is 27.7 Å². The smallest absolute Gasteiger partial charge is 0.412 e. The van der Waals surface area contributed by atoms with Crippen LogP contribution >= 0.6 is 11.6 Å². The summed E-state index contributed by atoms with van der Waals surface area (Å²) >= 11 is 6.03. The van der Waals surface area contributed by atoms with E-state index in [9.17, 15) is 4.79 Å². The number of halogens is 1. The van der Waals surface area contributed by atoms with Crippen LogP contribution < -0.4 is 5.32 Å². The van der Waals surface area contributed by atoms with Crippen molar-refractivity contribution in [2.45, 2.75) is 13.8 Å². The van der Waals surface area contributed by atoms with E-state index in [4.69, 9.17) is 16.3 Å². The monoisotopic (exact) mass is 348 g/mol. The molecule has 3 rings (SSSR count). The highest BCUT2D eigenvalue weighted by atomic mass is 35.5. The number of rotatable bonds is 4. The Kier molecular flexibility index (Phi) is 4.66. The van der Waals surface area contributed by atoms with Crippen molar-refractivity contribution in [1.29, 1.82) is 0 Å². The van der Waals surface area contributed by atoms with Gasteiger partial charge in [0.1, 0.15) is 11.5 Å². The molecule has 6 nitrogen and oxygen atoms in total. The Bertz CT molecular complexity index is 886. The third-order valence-corrected chi connectivity index (χ3v) is 3.51. The van der Waals surface area contributed by atoms with Gasteiger partial charge >= 0.3 is 6.09 Å². The Balaban J connectivity index is 0.00000169. The molecule has 1 amide bonds. The van der Waals surface area contributed by atoms with E-state index in [1.807, 2.05) is 38.2 Å². The van der Waals surface area contributed by atoms with Gasteiger partial charge in [-0.05, 0) is 24.1 Å². The van der Waals surface area contributed by atoms with Crippen LogP contribution in [0.25, 0.3) is 22.3 Å². The summed E-state index contributed by atoms with van der Waals surface area (Å²) < 4.78 is 5.10. The summed E-state index contributed by atoms with van der Waals surface area (Å²) in [5.74, 6) is 0.698.